The average Bonchev–Trinajstić information content (AvgIpc) is 2.64. The molecule has 8 heteroatoms. The van der Waals surface area contributed by atoms with E-state index in [4.69, 9.17) is 0 Å². The van der Waals surface area contributed by atoms with E-state index in [-0.39, 0.29) is 23.9 Å². The fourth-order valence-electron chi connectivity index (χ4n) is 2.01. The van der Waals surface area contributed by atoms with Gasteiger partial charge in [0, 0.05) is 24.1 Å². The van der Waals surface area contributed by atoms with Crippen molar-refractivity contribution in [3.63, 3.8) is 0 Å². The maximum Gasteiger partial charge on any atom is 0.270 e. The summed E-state index contributed by atoms with van der Waals surface area (Å²) in [6, 6.07) is 10.2. The molecule has 25 heavy (non-hydrogen) atoms. The van der Waals surface area contributed by atoms with Gasteiger partial charge in [0.15, 0.2) is 11.6 Å². The van der Waals surface area contributed by atoms with Gasteiger partial charge >= 0.3 is 0 Å². The van der Waals surface area contributed by atoms with Gasteiger partial charge in [0.1, 0.15) is 5.69 Å². The number of amides is 1. The molecule has 3 aromatic rings. The Bertz CT molecular complexity index is 889. The first-order valence-corrected chi connectivity index (χ1v) is 7.35. The molecule has 3 rings (SSSR count). The van der Waals surface area contributed by atoms with E-state index in [0.717, 1.165) is 12.1 Å². The van der Waals surface area contributed by atoms with Crippen LogP contribution in [0.15, 0.2) is 54.9 Å². The van der Waals surface area contributed by atoms with Crippen LogP contribution in [-0.2, 0) is 6.54 Å². The standard InChI is InChI=1S/C17H13F2N5O/c18-13-5-4-11(9-14(13)19)23-17-21-8-6-15(24-17)16(25)22-10-12-3-1-2-7-20-12/h1-9H,10H2,(H,22,25)(H,21,23,24). The molecule has 0 unspecified atom stereocenters. The first kappa shape index (κ1) is 16.4. The van der Waals surface area contributed by atoms with Gasteiger partial charge in [-0.2, -0.15) is 0 Å². The summed E-state index contributed by atoms with van der Waals surface area (Å²) in [5.41, 5.74) is 1.12. The molecule has 0 saturated heterocycles. The number of pyridine rings is 1. The van der Waals surface area contributed by atoms with Crippen LogP contribution < -0.4 is 10.6 Å². The van der Waals surface area contributed by atoms with Crippen LogP contribution >= 0.6 is 0 Å². The normalized spacial score (nSPS) is 10.3. The summed E-state index contributed by atoms with van der Waals surface area (Å²) in [4.78, 5) is 24.3. The molecular formula is C17H13F2N5O. The smallest absolute Gasteiger partial charge is 0.270 e. The molecule has 0 aliphatic rings. The molecule has 0 aliphatic heterocycles. The van der Waals surface area contributed by atoms with E-state index in [1.165, 1.54) is 18.3 Å². The highest BCUT2D eigenvalue weighted by atomic mass is 19.2. The van der Waals surface area contributed by atoms with Crippen molar-refractivity contribution in [2.45, 2.75) is 6.54 Å². The minimum absolute atomic E-state index is 0.0940. The molecule has 0 bridgehead atoms. The first-order chi connectivity index (χ1) is 12.1. The predicted molar refractivity (Wildman–Crippen MR) is 87.1 cm³/mol. The van der Waals surface area contributed by atoms with Gasteiger partial charge in [0.2, 0.25) is 5.95 Å². The largest absolute Gasteiger partial charge is 0.345 e. The summed E-state index contributed by atoms with van der Waals surface area (Å²) in [5.74, 6) is -2.25. The second-order valence-electron chi connectivity index (χ2n) is 5.02. The zero-order chi connectivity index (χ0) is 17.6. The minimum atomic E-state index is -0.991. The lowest BCUT2D eigenvalue weighted by Crippen LogP contribution is -2.24. The number of benzene rings is 1. The van der Waals surface area contributed by atoms with E-state index in [1.54, 1.807) is 18.3 Å². The summed E-state index contributed by atoms with van der Waals surface area (Å²) >= 11 is 0. The highest BCUT2D eigenvalue weighted by molar-refractivity contribution is 5.92. The van der Waals surface area contributed by atoms with Crippen LogP contribution in [-0.4, -0.2) is 20.9 Å². The van der Waals surface area contributed by atoms with Crippen molar-refractivity contribution in [1.29, 1.82) is 0 Å². The summed E-state index contributed by atoms with van der Waals surface area (Å²) < 4.78 is 26.2. The number of carbonyl (C=O) groups excluding carboxylic acids is 1. The quantitative estimate of drug-likeness (QED) is 0.746. The third-order valence-corrected chi connectivity index (χ3v) is 3.22. The van der Waals surface area contributed by atoms with Crippen molar-refractivity contribution in [2.24, 2.45) is 0 Å². The van der Waals surface area contributed by atoms with Crippen molar-refractivity contribution in [1.82, 2.24) is 20.3 Å². The Balaban J connectivity index is 1.68. The summed E-state index contributed by atoms with van der Waals surface area (Å²) in [5, 5.41) is 5.41. The topological polar surface area (TPSA) is 79.8 Å². The Morgan fingerprint density at radius 2 is 1.88 bits per heavy atom. The molecule has 126 valence electrons. The summed E-state index contributed by atoms with van der Waals surface area (Å²) in [6.45, 7) is 0.260. The Morgan fingerprint density at radius 3 is 2.64 bits per heavy atom. The Hall–Kier alpha value is -3.42. The van der Waals surface area contributed by atoms with E-state index < -0.39 is 17.5 Å². The van der Waals surface area contributed by atoms with Gasteiger partial charge in [-0.05, 0) is 30.3 Å². The van der Waals surface area contributed by atoms with E-state index >= 15 is 0 Å². The molecule has 1 aromatic carbocycles. The maximum atomic E-state index is 13.2. The minimum Gasteiger partial charge on any atom is -0.345 e. The van der Waals surface area contributed by atoms with E-state index in [9.17, 15) is 13.6 Å². The zero-order valence-electron chi connectivity index (χ0n) is 12.9. The number of aromatic nitrogens is 3. The lowest BCUT2D eigenvalue weighted by atomic mass is 10.3. The monoisotopic (exact) mass is 341 g/mol. The molecule has 0 radical (unpaired) electrons. The Kier molecular flexibility index (Phi) is 4.89. The highest BCUT2D eigenvalue weighted by Gasteiger charge is 2.10. The highest BCUT2D eigenvalue weighted by Crippen LogP contribution is 2.16. The van der Waals surface area contributed by atoms with Gasteiger partial charge in [-0.1, -0.05) is 6.07 Å². The number of hydrogen-bond donors (Lipinski definition) is 2. The van der Waals surface area contributed by atoms with Gasteiger partial charge < -0.3 is 10.6 Å². The number of carbonyl (C=O) groups is 1. The van der Waals surface area contributed by atoms with Crippen LogP contribution in [0.5, 0.6) is 0 Å². The number of nitrogens with one attached hydrogen (secondary N) is 2. The van der Waals surface area contributed by atoms with Crippen LogP contribution in [0.1, 0.15) is 16.2 Å². The third kappa shape index (κ3) is 4.31. The lowest BCUT2D eigenvalue weighted by molar-refractivity contribution is 0.0945. The van der Waals surface area contributed by atoms with Crippen LogP contribution in [0.2, 0.25) is 0 Å². The lowest BCUT2D eigenvalue weighted by Gasteiger charge is -2.07. The fraction of sp³-hybridized carbons (Fsp3) is 0.0588. The van der Waals surface area contributed by atoms with Crippen molar-refractivity contribution in [3.05, 3.63) is 77.9 Å². The van der Waals surface area contributed by atoms with Gasteiger partial charge in [-0.25, -0.2) is 18.7 Å². The number of nitrogens with zero attached hydrogens (tertiary/aromatic N) is 3. The van der Waals surface area contributed by atoms with Gasteiger partial charge in [0.05, 0.1) is 12.2 Å². The molecule has 0 aliphatic carbocycles. The number of hydrogen-bond acceptors (Lipinski definition) is 5. The molecule has 2 heterocycles. The van der Waals surface area contributed by atoms with E-state index in [1.807, 2.05) is 6.07 Å². The number of rotatable bonds is 5. The van der Waals surface area contributed by atoms with Crippen molar-refractivity contribution in [3.8, 4) is 0 Å². The average molecular weight is 341 g/mol. The van der Waals surface area contributed by atoms with Gasteiger partial charge in [-0.15, -0.1) is 0 Å². The van der Waals surface area contributed by atoms with Gasteiger partial charge in [0.25, 0.3) is 5.91 Å². The Morgan fingerprint density at radius 1 is 1.00 bits per heavy atom. The first-order valence-electron chi connectivity index (χ1n) is 7.35. The Labute approximate surface area is 142 Å². The van der Waals surface area contributed by atoms with Crippen molar-refractivity contribution >= 4 is 17.5 Å². The molecule has 2 aromatic heterocycles. The maximum absolute atomic E-state index is 13.2. The van der Waals surface area contributed by atoms with Crippen LogP contribution in [0.3, 0.4) is 0 Å². The molecule has 0 spiro atoms. The number of halogens is 2. The van der Waals surface area contributed by atoms with Crippen LogP contribution in [0.4, 0.5) is 20.4 Å². The zero-order valence-corrected chi connectivity index (χ0v) is 12.9. The van der Waals surface area contributed by atoms with Crippen molar-refractivity contribution < 1.29 is 13.6 Å². The van der Waals surface area contributed by atoms with Crippen molar-refractivity contribution in [2.75, 3.05) is 5.32 Å². The molecule has 6 nitrogen and oxygen atoms in total. The fourth-order valence-corrected chi connectivity index (χ4v) is 2.01. The third-order valence-electron chi connectivity index (χ3n) is 3.22. The SMILES string of the molecule is O=C(NCc1ccccn1)c1ccnc(Nc2ccc(F)c(F)c2)n1. The number of anilines is 2. The molecular weight excluding hydrogens is 328 g/mol. The van der Waals surface area contributed by atoms with Crippen LogP contribution in [0.25, 0.3) is 0 Å². The second kappa shape index (κ2) is 7.43. The van der Waals surface area contributed by atoms with Crippen LogP contribution in [0, 0.1) is 11.6 Å². The van der Waals surface area contributed by atoms with Gasteiger partial charge in [-0.3, -0.25) is 9.78 Å². The summed E-state index contributed by atoms with van der Waals surface area (Å²) in [6.07, 6.45) is 3.03. The molecule has 0 fully saturated rings. The predicted octanol–water partition coefficient (Wildman–Crippen LogP) is 2.82. The van der Waals surface area contributed by atoms with E-state index in [2.05, 4.69) is 25.6 Å². The molecule has 0 atom stereocenters. The molecule has 1 amide bonds. The van der Waals surface area contributed by atoms with E-state index in [0.29, 0.717) is 5.69 Å². The summed E-state index contributed by atoms with van der Waals surface area (Å²) in [7, 11) is 0. The molecule has 0 saturated carbocycles. The second-order valence-corrected chi connectivity index (χ2v) is 5.02. The molecule has 2 N–H and O–H groups in total.